The summed E-state index contributed by atoms with van der Waals surface area (Å²) in [7, 11) is 0. The van der Waals surface area contributed by atoms with Gasteiger partial charge in [0, 0.05) is 17.5 Å². The Hall–Kier alpha value is -1.09. The molecule has 2 rings (SSSR count). The molecule has 0 saturated carbocycles. The number of hydrogen-bond donors (Lipinski definition) is 1. The van der Waals surface area contributed by atoms with Gasteiger partial charge in [-0.3, -0.25) is 0 Å². The van der Waals surface area contributed by atoms with E-state index in [1.165, 1.54) is 6.07 Å². The Morgan fingerprint density at radius 2 is 2.27 bits per heavy atom. The van der Waals surface area contributed by atoms with Crippen LogP contribution in [0, 0.1) is 18.7 Å². The molecule has 82 valence electrons. The number of benzene rings is 1. The first-order valence-corrected chi connectivity index (χ1v) is 5.26. The minimum absolute atomic E-state index is 0.0841. The van der Waals surface area contributed by atoms with Crippen LogP contribution in [0.5, 0.6) is 5.75 Å². The normalized spacial score (nSPS) is 21.7. The maximum atomic E-state index is 13.4. The van der Waals surface area contributed by atoms with E-state index in [0.29, 0.717) is 12.4 Å². The van der Waals surface area contributed by atoms with E-state index < -0.39 is 0 Å². The Morgan fingerprint density at radius 3 is 2.93 bits per heavy atom. The fourth-order valence-electron chi connectivity index (χ4n) is 1.96. The van der Waals surface area contributed by atoms with Crippen molar-refractivity contribution in [3.05, 3.63) is 29.1 Å². The molecule has 0 bridgehead atoms. The molecule has 0 spiro atoms. The molecule has 3 heteroatoms. The summed E-state index contributed by atoms with van der Waals surface area (Å²) >= 11 is 0. The van der Waals surface area contributed by atoms with E-state index >= 15 is 0 Å². The first kappa shape index (κ1) is 10.4. The molecule has 2 nitrogen and oxygen atoms in total. The second-order valence-corrected chi connectivity index (χ2v) is 4.31. The molecule has 0 aliphatic carbocycles. The standard InChI is InChI=1S/C12H16FNO/c1-7-3-4-11(13)12-10(7)5-9(6-15-12)8(2)14/h3-4,8-9H,5-6,14H2,1-2H3/t8-,9?/m1/s1. The molecule has 0 aromatic heterocycles. The number of rotatable bonds is 1. The Morgan fingerprint density at radius 1 is 1.53 bits per heavy atom. The third-order valence-corrected chi connectivity index (χ3v) is 3.10. The van der Waals surface area contributed by atoms with Gasteiger partial charge in [0.05, 0.1) is 6.61 Å². The van der Waals surface area contributed by atoms with Gasteiger partial charge < -0.3 is 10.5 Å². The lowest BCUT2D eigenvalue weighted by Gasteiger charge is -2.29. The molecule has 15 heavy (non-hydrogen) atoms. The van der Waals surface area contributed by atoms with Crippen LogP contribution in [0.2, 0.25) is 0 Å². The zero-order chi connectivity index (χ0) is 11.0. The van der Waals surface area contributed by atoms with Gasteiger partial charge in [0.25, 0.3) is 0 Å². The summed E-state index contributed by atoms with van der Waals surface area (Å²) in [5.74, 6) is 0.448. The van der Waals surface area contributed by atoms with Crippen LogP contribution >= 0.6 is 0 Å². The van der Waals surface area contributed by atoms with Crippen molar-refractivity contribution in [1.82, 2.24) is 0 Å². The van der Waals surface area contributed by atoms with Crippen LogP contribution in [0.15, 0.2) is 12.1 Å². The van der Waals surface area contributed by atoms with E-state index in [0.717, 1.165) is 17.5 Å². The van der Waals surface area contributed by atoms with Gasteiger partial charge in [-0.25, -0.2) is 4.39 Å². The molecule has 2 atom stereocenters. The van der Waals surface area contributed by atoms with Gasteiger partial charge in [-0.15, -0.1) is 0 Å². The molecule has 0 fully saturated rings. The maximum absolute atomic E-state index is 13.4. The van der Waals surface area contributed by atoms with Gasteiger partial charge in [0.15, 0.2) is 11.6 Å². The lowest BCUT2D eigenvalue weighted by Crippen LogP contribution is -2.35. The number of ether oxygens (including phenoxy) is 1. The van der Waals surface area contributed by atoms with Crippen molar-refractivity contribution in [2.75, 3.05) is 6.61 Å². The monoisotopic (exact) mass is 209 g/mol. The zero-order valence-corrected chi connectivity index (χ0v) is 9.09. The Labute approximate surface area is 89.2 Å². The minimum atomic E-state index is -0.265. The molecular formula is C12H16FNO. The first-order valence-electron chi connectivity index (χ1n) is 5.26. The van der Waals surface area contributed by atoms with Crippen LogP contribution in [0.4, 0.5) is 4.39 Å². The molecule has 1 aromatic carbocycles. The van der Waals surface area contributed by atoms with Crippen LogP contribution in [-0.2, 0) is 6.42 Å². The summed E-state index contributed by atoms with van der Waals surface area (Å²) in [5.41, 5.74) is 7.89. The van der Waals surface area contributed by atoms with Crippen molar-refractivity contribution in [3.63, 3.8) is 0 Å². The highest BCUT2D eigenvalue weighted by molar-refractivity contribution is 5.42. The molecule has 0 radical (unpaired) electrons. The smallest absolute Gasteiger partial charge is 0.165 e. The maximum Gasteiger partial charge on any atom is 0.165 e. The molecule has 1 aliphatic rings. The van der Waals surface area contributed by atoms with Crippen LogP contribution in [0.25, 0.3) is 0 Å². The number of nitrogens with two attached hydrogens (primary N) is 1. The summed E-state index contributed by atoms with van der Waals surface area (Å²) in [6.07, 6.45) is 0.816. The zero-order valence-electron chi connectivity index (χ0n) is 9.09. The van der Waals surface area contributed by atoms with Gasteiger partial charge in [-0.05, 0) is 31.9 Å². The van der Waals surface area contributed by atoms with Crippen molar-refractivity contribution < 1.29 is 9.13 Å². The van der Waals surface area contributed by atoms with Gasteiger partial charge in [-0.1, -0.05) is 6.07 Å². The molecule has 1 aromatic rings. The van der Waals surface area contributed by atoms with E-state index in [1.807, 2.05) is 13.8 Å². The van der Waals surface area contributed by atoms with Crippen molar-refractivity contribution >= 4 is 0 Å². The number of fused-ring (bicyclic) bond motifs is 1. The van der Waals surface area contributed by atoms with Crippen molar-refractivity contribution in [1.29, 1.82) is 0 Å². The van der Waals surface area contributed by atoms with E-state index in [-0.39, 0.29) is 17.8 Å². The average molecular weight is 209 g/mol. The molecule has 1 heterocycles. The molecule has 0 amide bonds. The number of halogens is 1. The van der Waals surface area contributed by atoms with Crippen LogP contribution in [-0.4, -0.2) is 12.6 Å². The van der Waals surface area contributed by atoms with Crippen LogP contribution in [0.3, 0.4) is 0 Å². The summed E-state index contributed by atoms with van der Waals surface area (Å²) in [6.45, 7) is 4.46. The van der Waals surface area contributed by atoms with E-state index in [4.69, 9.17) is 10.5 Å². The fraction of sp³-hybridized carbons (Fsp3) is 0.500. The molecule has 1 unspecified atom stereocenters. The lowest BCUT2D eigenvalue weighted by molar-refractivity contribution is 0.195. The van der Waals surface area contributed by atoms with Crippen LogP contribution in [0.1, 0.15) is 18.1 Å². The minimum Gasteiger partial charge on any atom is -0.490 e. The lowest BCUT2D eigenvalue weighted by atomic mass is 9.89. The van der Waals surface area contributed by atoms with E-state index in [2.05, 4.69) is 0 Å². The van der Waals surface area contributed by atoms with Crippen molar-refractivity contribution in [3.8, 4) is 5.75 Å². The summed E-state index contributed by atoms with van der Waals surface area (Å²) in [6, 6.07) is 3.34. The quantitative estimate of drug-likeness (QED) is 0.768. The second-order valence-electron chi connectivity index (χ2n) is 4.31. The van der Waals surface area contributed by atoms with Crippen molar-refractivity contribution in [2.24, 2.45) is 11.7 Å². The third-order valence-electron chi connectivity index (χ3n) is 3.10. The number of aryl methyl sites for hydroxylation is 1. The first-order chi connectivity index (χ1) is 7.09. The summed E-state index contributed by atoms with van der Waals surface area (Å²) < 4.78 is 18.9. The Balaban J connectivity index is 2.36. The Kier molecular flexibility index (Phi) is 2.65. The van der Waals surface area contributed by atoms with Crippen LogP contribution < -0.4 is 10.5 Å². The molecular weight excluding hydrogens is 193 g/mol. The predicted molar refractivity (Wildman–Crippen MR) is 57.5 cm³/mol. The van der Waals surface area contributed by atoms with Gasteiger partial charge >= 0.3 is 0 Å². The highest BCUT2D eigenvalue weighted by Crippen LogP contribution is 2.33. The summed E-state index contributed by atoms with van der Waals surface area (Å²) in [5, 5.41) is 0. The third kappa shape index (κ3) is 1.84. The molecule has 0 saturated heterocycles. The summed E-state index contributed by atoms with van der Waals surface area (Å²) in [4.78, 5) is 0. The second kappa shape index (κ2) is 3.81. The van der Waals surface area contributed by atoms with E-state index in [1.54, 1.807) is 6.07 Å². The van der Waals surface area contributed by atoms with Gasteiger partial charge in [-0.2, -0.15) is 0 Å². The fourth-order valence-corrected chi connectivity index (χ4v) is 1.96. The average Bonchev–Trinajstić information content (AvgIpc) is 2.23. The van der Waals surface area contributed by atoms with E-state index in [9.17, 15) is 4.39 Å². The largest absolute Gasteiger partial charge is 0.490 e. The molecule has 2 N–H and O–H groups in total. The highest BCUT2D eigenvalue weighted by atomic mass is 19.1. The Bertz CT molecular complexity index is 376. The number of hydrogen-bond acceptors (Lipinski definition) is 2. The van der Waals surface area contributed by atoms with Gasteiger partial charge in [0.2, 0.25) is 0 Å². The highest BCUT2D eigenvalue weighted by Gasteiger charge is 2.26. The predicted octanol–water partition coefficient (Wildman–Crippen LogP) is 2.03. The van der Waals surface area contributed by atoms with Gasteiger partial charge in [0.1, 0.15) is 0 Å². The SMILES string of the molecule is Cc1ccc(F)c2c1CC([C@@H](C)N)CO2. The van der Waals surface area contributed by atoms with Crippen molar-refractivity contribution in [2.45, 2.75) is 26.3 Å². The molecule has 1 aliphatic heterocycles. The topological polar surface area (TPSA) is 35.2 Å².